The molecule has 1 N–H and O–H groups in total. The van der Waals surface area contributed by atoms with Gasteiger partial charge in [-0.05, 0) is 48.6 Å². The SMILES string of the molecule is N#Cc1c(Nc2c(Cl)ccc3ncccc23)sn(C2CCCCC2)c1=O. The lowest BCUT2D eigenvalue weighted by atomic mass is 9.96. The molecule has 0 bridgehead atoms. The molecule has 0 unspecified atom stereocenters. The largest absolute Gasteiger partial charge is 0.343 e. The molecular formula is C19H17ClN4OS. The zero-order valence-corrected chi connectivity index (χ0v) is 15.6. The van der Waals surface area contributed by atoms with Gasteiger partial charge in [-0.15, -0.1) is 0 Å². The molecule has 5 nitrogen and oxygen atoms in total. The van der Waals surface area contributed by atoms with Gasteiger partial charge in [-0.1, -0.05) is 30.9 Å². The number of hydrogen-bond donors (Lipinski definition) is 1. The predicted octanol–water partition coefficient (Wildman–Crippen LogP) is 5.23. The van der Waals surface area contributed by atoms with Crippen molar-refractivity contribution in [1.29, 1.82) is 5.26 Å². The van der Waals surface area contributed by atoms with Gasteiger partial charge in [0.15, 0.2) is 5.56 Å². The number of halogens is 1. The van der Waals surface area contributed by atoms with Gasteiger partial charge in [-0.3, -0.25) is 13.7 Å². The van der Waals surface area contributed by atoms with Crippen molar-refractivity contribution in [3.8, 4) is 6.07 Å². The fourth-order valence-corrected chi connectivity index (χ4v) is 4.81. The number of fused-ring (bicyclic) bond motifs is 1. The Balaban J connectivity index is 1.79. The summed E-state index contributed by atoms with van der Waals surface area (Å²) in [5.41, 5.74) is 1.42. The molecule has 0 spiro atoms. The molecule has 0 aliphatic heterocycles. The minimum absolute atomic E-state index is 0.150. The average molecular weight is 385 g/mol. The second-order valence-electron chi connectivity index (χ2n) is 6.45. The van der Waals surface area contributed by atoms with Crippen LogP contribution < -0.4 is 10.9 Å². The fraction of sp³-hybridized carbons (Fsp3) is 0.316. The first-order valence-electron chi connectivity index (χ1n) is 8.65. The van der Waals surface area contributed by atoms with Crippen LogP contribution in [0.3, 0.4) is 0 Å². The first-order chi connectivity index (χ1) is 12.7. The number of rotatable bonds is 3. The van der Waals surface area contributed by atoms with E-state index in [0.717, 1.165) is 36.6 Å². The van der Waals surface area contributed by atoms with E-state index in [1.165, 1.54) is 18.0 Å². The van der Waals surface area contributed by atoms with Crippen LogP contribution in [-0.4, -0.2) is 8.94 Å². The van der Waals surface area contributed by atoms with Crippen molar-refractivity contribution in [1.82, 2.24) is 8.94 Å². The average Bonchev–Trinajstić information content (AvgIpc) is 3.00. The molecule has 0 atom stereocenters. The number of benzene rings is 1. The Hall–Kier alpha value is -2.36. The van der Waals surface area contributed by atoms with Crippen LogP contribution in [0.25, 0.3) is 10.9 Å². The highest BCUT2D eigenvalue weighted by Gasteiger charge is 2.23. The van der Waals surface area contributed by atoms with Gasteiger partial charge in [0.1, 0.15) is 11.1 Å². The fourth-order valence-electron chi connectivity index (χ4n) is 3.50. The number of pyridine rings is 1. The van der Waals surface area contributed by atoms with Gasteiger partial charge in [0.05, 0.1) is 16.2 Å². The van der Waals surface area contributed by atoms with Crippen molar-refractivity contribution in [2.45, 2.75) is 38.1 Å². The molecule has 2 heterocycles. The third kappa shape index (κ3) is 2.98. The van der Waals surface area contributed by atoms with E-state index in [1.54, 1.807) is 16.2 Å². The summed E-state index contributed by atoms with van der Waals surface area (Å²) in [5.74, 6) is 0. The predicted molar refractivity (Wildman–Crippen MR) is 105 cm³/mol. The highest BCUT2D eigenvalue weighted by molar-refractivity contribution is 7.11. The molecule has 4 rings (SSSR count). The molecule has 1 aromatic carbocycles. The molecule has 1 fully saturated rings. The van der Waals surface area contributed by atoms with E-state index in [0.29, 0.717) is 15.7 Å². The van der Waals surface area contributed by atoms with E-state index < -0.39 is 0 Å². The monoisotopic (exact) mass is 384 g/mol. The summed E-state index contributed by atoms with van der Waals surface area (Å²) in [4.78, 5) is 17.1. The topological polar surface area (TPSA) is 70.7 Å². The van der Waals surface area contributed by atoms with Crippen molar-refractivity contribution in [2.75, 3.05) is 5.32 Å². The third-order valence-corrected chi connectivity index (χ3v) is 6.29. The molecule has 132 valence electrons. The summed E-state index contributed by atoms with van der Waals surface area (Å²) < 4.78 is 1.76. The summed E-state index contributed by atoms with van der Waals surface area (Å²) in [7, 11) is 0. The molecule has 1 aliphatic rings. The Morgan fingerprint density at radius 3 is 2.85 bits per heavy atom. The highest BCUT2D eigenvalue weighted by Crippen LogP contribution is 2.36. The standard InChI is InChI=1S/C19H17ClN4OS/c20-15-8-9-16-13(7-4-10-22-16)17(15)23-18-14(11-21)19(25)24(26-18)12-5-2-1-3-6-12/h4,7-10,12,23H,1-3,5-6H2. The first kappa shape index (κ1) is 17.1. The van der Waals surface area contributed by atoms with Gasteiger partial charge in [0.25, 0.3) is 5.56 Å². The lowest BCUT2D eigenvalue weighted by molar-refractivity contribution is 0.365. The minimum Gasteiger partial charge on any atom is -0.343 e. The number of nitrogens with one attached hydrogen (secondary N) is 1. The van der Waals surface area contributed by atoms with Gasteiger partial charge in [-0.25, -0.2) is 0 Å². The molecule has 0 radical (unpaired) electrons. The number of nitriles is 1. The molecule has 0 saturated heterocycles. The normalized spacial score (nSPS) is 15.1. The zero-order chi connectivity index (χ0) is 18.1. The Kier molecular flexibility index (Phi) is 4.66. The van der Waals surface area contributed by atoms with Gasteiger partial charge in [0, 0.05) is 17.6 Å². The minimum atomic E-state index is -0.207. The number of nitrogens with zero attached hydrogens (tertiary/aromatic N) is 3. The molecule has 7 heteroatoms. The van der Waals surface area contributed by atoms with E-state index in [9.17, 15) is 10.1 Å². The van der Waals surface area contributed by atoms with Crippen molar-refractivity contribution in [2.24, 2.45) is 0 Å². The molecule has 0 amide bonds. The molecule has 2 aromatic heterocycles. The lowest BCUT2D eigenvalue weighted by Crippen LogP contribution is -2.22. The summed E-state index contributed by atoms with van der Waals surface area (Å²) in [6, 6.07) is 9.63. The van der Waals surface area contributed by atoms with Crippen LogP contribution in [0.1, 0.15) is 43.7 Å². The molecule has 3 aromatic rings. The Morgan fingerprint density at radius 1 is 1.27 bits per heavy atom. The highest BCUT2D eigenvalue weighted by atomic mass is 35.5. The van der Waals surface area contributed by atoms with Gasteiger partial charge in [0.2, 0.25) is 0 Å². The number of aromatic nitrogens is 2. The zero-order valence-electron chi connectivity index (χ0n) is 14.0. The maximum absolute atomic E-state index is 12.7. The van der Waals surface area contributed by atoms with E-state index in [1.807, 2.05) is 18.2 Å². The Labute approximate surface area is 160 Å². The quantitative estimate of drug-likeness (QED) is 0.671. The van der Waals surface area contributed by atoms with Crippen molar-refractivity contribution >= 4 is 44.7 Å². The van der Waals surface area contributed by atoms with Crippen molar-refractivity contribution in [3.63, 3.8) is 0 Å². The molecule has 1 saturated carbocycles. The Bertz CT molecular complexity index is 1060. The third-order valence-electron chi connectivity index (χ3n) is 4.82. The molecule has 26 heavy (non-hydrogen) atoms. The van der Waals surface area contributed by atoms with E-state index in [4.69, 9.17) is 11.6 Å². The maximum atomic E-state index is 12.7. The first-order valence-corrected chi connectivity index (χ1v) is 9.80. The number of anilines is 2. The van der Waals surface area contributed by atoms with Crippen LogP contribution in [0.5, 0.6) is 0 Å². The van der Waals surface area contributed by atoms with Crippen LogP contribution in [0, 0.1) is 11.3 Å². The smallest absolute Gasteiger partial charge is 0.281 e. The van der Waals surface area contributed by atoms with Gasteiger partial charge < -0.3 is 5.32 Å². The summed E-state index contributed by atoms with van der Waals surface area (Å²) in [6.07, 6.45) is 7.17. The van der Waals surface area contributed by atoms with Crippen LogP contribution in [0.15, 0.2) is 35.3 Å². The Morgan fingerprint density at radius 2 is 2.08 bits per heavy atom. The second kappa shape index (κ2) is 7.10. The molecule has 1 aliphatic carbocycles. The number of hydrogen-bond acceptors (Lipinski definition) is 5. The van der Waals surface area contributed by atoms with Crippen molar-refractivity contribution in [3.05, 3.63) is 51.4 Å². The van der Waals surface area contributed by atoms with Gasteiger partial charge >= 0.3 is 0 Å². The van der Waals surface area contributed by atoms with Crippen LogP contribution in [-0.2, 0) is 0 Å². The van der Waals surface area contributed by atoms with Crippen LogP contribution >= 0.6 is 23.1 Å². The van der Waals surface area contributed by atoms with Crippen molar-refractivity contribution < 1.29 is 0 Å². The summed E-state index contributed by atoms with van der Waals surface area (Å²) >= 11 is 7.71. The lowest BCUT2D eigenvalue weighted by Gasteiger charge is -2.21. The second-order valence-corrected chi connectivity index (χ2v) is 7.84. The van der Waals surface area contributed by atoms with E-state index in [-0.39, 0.29) is 17.2 Å². The summed E-state index contributed by atoms with van der Waals surface area (Å²) in [6.45, 7) is 0. The molecular weight excluding hydrogens is 368 g/mol. The van der Waals surface area contributed by atoms with E-state index in [2.05, 4.69) is 16.4 Å². The van der Waals surface area contributed by atoms with E-state index >= 15 is 0 Å². The van der Waals surface area contributed by atoms with Crippen LogP contribution in [0.4, 0.5) is 10.7 Å². The van der Waals surface area contributed by atoms with Gasteiger partial charge in [-0.2, -0.15) is 5.26 Å². The summed E-state index contributed by atoms with van der Waals surface area (Å²) in [5, 5.41) is 14.7. The van der Waals surface area contributed by atoms with Crippen LogP contribution in [0.2, 0.25) is 5.02 Å². The maximum Gasteiger partial charge on any atom is 0.281 e.